The Balaban J connectivity index is 1.68. The van der Waals surface area contributed by atoms with Gasteiger partial charge in [-0.15, -0.1) is 5.53 Å². The molecule has 2 aliphatic rings. The van der Waals surface area contributed by atoms with E-state index < -0.39 is 11.5 Å². The van der Waals surface area contributed by atoms with E-state index in [1.165, 1.54) is 7.11 Å². The zero-order valence-corrected chi connectivity index (χ0v) is 22.1. The van der Waals surface area contributed by atoms with Crippen molar-refractivity contribution in [2.45, 2.75) is 31.9 Å². The van der Waals surface area contributed by atoms with E-state index in [9.17, 15) is 13.9 Å². The number of aromatic nitrogens is 2. The van der Waals surface area contributed by atoms with Crippen LogP contribution in [0, 0.1) is 13.8 Å². The molecule has 1 aromatic carbocycles. The van der Waals surface area contributed by atoms with Gasteiger partial charge in [0.2, 0.25) is 5.88 Å². The first kappa shape index (κ1) is 25.6. The highest BCUT2D eigenvalue weighted by Crippen LogP contribution is 2.43. The molecule has 0 saturated carbocycles. The van der Waals surface area contributed by atoms with E-state index in [0.717, 1.165) is 5.69 Å². The normalized spacial score (nSPS) is 19.1. The van der Waals surface area contributed by atoms with E-state index in [1.54, 1.807) is 33.1 Å². The number of nitrogens with zero attached hydrogens (tertiary/aromatic N) is 5. The van der Waals surface area contributed by atoms with Crippen LogP contribution in [-0.2, 0) is 12.1 Å². The summed E-state index contributed by atoms with van der Waals surface area (Å²) in [6.45, 7) is 3.26. The molecule has 0 bridgehead atoms. The number of halogens is 3. The maximum absolute atomic E-state index is 13.5. The smallest absolute Gasteiger partial charge is 0.272 e. The molecule has 1 fully saturated rings. The third-order valence-corrected chi connectivity index (χ3v) is 7.28. The Morgan fingerprint density at radius 3 is 2.49 bits per heavy atom. The summed E-state index contributed by atoms with van der Waals surface area (Å²) in [4.78, 5) is 10.8. The first-order valence-corrected chi connectivity index (χ1v) is 12.2. The summed E-state index contributed by atoms with van der Waals surface area (Å²) in [5.74, 6) is -2.41. The van der Waals surface area contributed by atoms with Crippen LogP contribution in [-0.4, -0.2) is 70.2 Å². The number of alkyl halides is 2. The van der Waals surface area contributed by atoms with Crippen LogP contribution >= 0.6 is 11.6 Å². The molecular weight excluding hydrogens is 502 g/mol. The minimum Gasteiger partial charge on any atom is -0.481 e. The molecule has 0 radical (unpaired) electrons. The number of aliphatic hydroxyl groups is 1. The minimum absolute atomic E-state index is 0.179. The topological polar surface area (TPSA) is 77.0 Å². The minimum atomic E-state index is -2.70. The maximum Gasteiger partial charge on any atom is 0.272 e. The lowest BCUT2D eigenvalue weighted by Gasteiger charge is -2.39. The average Bonchev–Trinajstić information content (AvgIpc) is 3.17. The third-order valence-electron chi connectivity index (χ3n) is 6.85. The van der Waals surface area contributed by atoms with E-state index in [-0.39, 0.29) is 19.6 Å². The molecular formula is C26H29ClF2N6O2. The number of likely N-dealkylation sites (tertiary alicyclic amines) is 1. The monoisotopic (exact) mass is 530 g/mol. The number of benzene rings is 1. The van der Waals surface area contributed by atoms with Gasteiger partial charge in [-0.05, 0) is 37.6 Å². The number of hydrogen-bond acceptors (Lipinski definition) is 8. The Morgan fingerprint density at radius 1 is 1.16 bits per heavy atom. The van der Waals surface area contributed by atoms with Gasteiger partial charge in [0.1, 0.15) is 0 Å². The van der Waals surface area contributed by atoms with Crippen molar-refractivity contribution in [3.63, 3.8) is 0 Å². The van der Waals surface area contributed by atoms with E-state index in [1.807, 2.05) is 46.3 Å². The lowest BCUT2D eigenvalue weighted by Crippen LogP contribution is -2.55. The van der Waals surface area contributed by atoms with Crippen molar-refractivity contribution in [3.05, 3.63) is 75.3 Å². The predicted molar refractivity (Wildman–Crippen MR) is 137 cm³/mol. The molecule has 11 heteroatoms. The summed E-state index contributed by atoms with van der Waals surface area (Å²) in [7, 11) is 5.13. The quantitative estimate of drug-likeness (QED) is 0.499. The maximum atomic E-state index is 13.5. The highest BCUT2D eigenvalue weighted by molar-refractivity contribution is 6.36. The van der Waals surface area contributed by atoms with Gasteiger partial charge in [0, 0.05) is 54.7 Å². The fraction of sp³-hybridized carbons (Fsp3) is 0.385. The molecule has 3 aromatic rings. The second kappa shape index (κ2) is 9.05. The number of likely N-dealkylation sites (N-methyl/N-ethyl adjacent to an activating group) is 1. The van der Waals surface area contributed by atoms with Crippen LogP contribution in [0.3, 0.4) is 0 Å². The van der Waals surface area contributed by atoms with Crippen molar-refractivity contribution in [2.75, 3.05) is 34.3 Å². The molecule has 4 heterocycles. The fourth-order valence-corrected chi connectivity index (χ4v) is 5.44. The number of aryl methyl sites for hydroxylation is 2. The zero-order valence-electron chi connectivity index (χ0n) is 21.3. The Labute approximate surface area is 219 Å². The van der Waals surface area contributed by atoms with E-state index in [0.29, 0.717) is 49.9 Å². The molecule has 1 unspecified atom stereocenters. The van der Waals surface area contributed by atoms with Gasteiger partial charge in [-0.1, -0.05) is 23.7 Å². The van der Waals surface area contributed by atoms with Gasteiger partial charge in [-0.2, -0.15) is 0 Å². The lowest BCUT2D eigenvalue weighted by molar-refractivity contribution is -0.134. The molecule has 2 aromatic heterocycles. The number of nitrogens with one attached hydrogen (secondary N) is 1. The molecule has 1 saturated heterocycles. The van der Waals surface area contributed by atoms with Gasteiger partial charge in [-0.3, -0.25) is 19.9 Å². The number of rotatable bonds is 6. The highest BCUT2D eigenvalue weighted by atomic mass is 35.5. The van der Waals surface area contributed by atoms with Gasteiger partial charge in [0.15, 0.2) is 5.60 Å². The Hall–Kier alpha value is -3.05. The van der Waals surface area contributed by atoms with Crippen LogP contribution in [0.4, 0.5) is 8.78 Å². The summed E-state index contributed by atoms with van der Waals surface area (Å²) < 4.78 is 32.4. The van der Waals surface area contributed by atoms with Gasteiger partial charge < -0.3 is 9.84 Å². The Morgan fingerprint density at radius 2 is 1.89 bits per heavy atom. The van der Waals surface area contributed by atoms with Crippen LogP contribution in [0.5, 0.6) is 5.88 Å². The highest BCUT2D eigenvalue weighted by Gasteiger charge is 2.45. The first-order valence-electron chi connectivity index (χ1n) is 11.8. The second-order valence-electron chi connectivity index (χ2n) is 9.73. The van der Waals surface area contributed by atoms with E-state index in [2.05, 4.69) is 15.5 Å². The molecule has 0 spiro atoms. The molecule has 5 rings (SSSR count). The molecule has 2 N–H and O–H groups in total. The van der Waals surface area contributed by atoms with Crippen molar-refractivity contribution < 1.29 is 18.6 Å². The molecule has 196 valence electrons. The summed E-state index contributed by atoms with van der Waals surface area (Å²) in [5, 5.41) is 16.9. The largest absolute Gasteiger partial charge is 0.481 e. The summed E-state index contributed by atoms with van der Waals surface area (Å²) in [6, 6.07) is 9.10. The number of pyridine rings is 2. The summed E-state index contributed by atoms with van der Waals surface area (Å²) >= 11 is 6.88. The number of ether oxygens (including phenoxy) is 1. The average molecular weight is 531 g/mol. The third kappa shape index (κ3) is 4.37. The second-order valence-corrected chi connectivity index (χ2v) is 10.1. The number of methoxy groups -OCH3 is 1. The number of hydrogen-bond donors (Lipinski definition) is 2. The van der Waals surface area contributed by atoms with E-state index >= 15 is 0 Å². The van der Waals surface area contributed by atoms with Gasteiger partial charge in [-0.25, -0.2) is 13.8 Å². The van der Waals surface area contributed by atoms with Crippen LogP contribution in [0.2, 0.25) is 5.02 Å². The molecule has 37 heavy (non-hydrogen) atoms. The SMILES string of the molecule is COc1nc2ccc(C(O)(C3=CN(C)NN3C)c3ccc(C)nc3C)cc2c(Cl)c1CN1CC(F)(F)C1. The Bertz CT molecular complexity index is 1410. The molecule has 0 aliphatic carbocycles. The van der Waals surface area contributed by atoms with Crippen molar-refractivity contribution in [2.24, 2.45) is 0 Å². The van der Waals surface area contributed by atoms with Gasteiger partial charge in [0.05, 0.1) is 36.4 Å². The number of fused-ring (bicyclic) bond motifs is 1. The molecule has 1 atom stereocenters. The van der Waals surface area contributed by atoms with Crippen molar-refractivity contribution in [1.29, 1.82) is 0 Å². The Kier molecular flexibility index (Phi) is 6.26. The first-order chi connectivity index (χ1) is 17.4. The van der Waals surface area contributed by atoms with Crippen LogP contribution in [0.1, 0.15) is 28.1 Å². The number of hydrazine groups is 2. The molecule has 8 nitrogen and oxygen atoms in total. The lowest BCUT2D eigenvalue weighted by atomic mass is 9.82. The van der Waals surface area contributed by atoms with Crippen LogP contribution < -0.4 is 10.3 Å². The van der Waals surface area contributed by atoms with Gasteiger partial charge >= 0.3 is 0 Å². The zero-order chi connectivity index (χ0) is 26.7. The summed E-state index contributed by atoms with van der Waals surface area (Å²) in [6.07, 6.45) is 1.81. The van der Waals surface area contributed by atoms with Crippen LogP contribution in [0.15, 0.2) is 42.2 Å². The van der Waals surface area contributed by atoms with Crippen molar-refractivity contribution in [1.82, 2.24) is 30.4 Å². The van der Waals surface area contributed by atoms with Crippen molar-refractivity contribution in [3.8, 4) is 5.88 Å². The van der Waals surface area contributed by atoms with Crippen LogP contribution in [0.25, 0.3) is 10.9 Å². The molecule has 2 aliphatic heterocycles. The van der Waals surface area contributed by atoms with Crippen molar-refractivity contribution >= 4 is 22.5 Å². The molecule has 0 amide bonds. The predicted octanol–water partition coefficient (Wildman–Crippen LogP) is 3.73. The standard InChI is InChI=1S/C26H29ClF2N6O2/c1-15-6-8-20(16(2)30-15)26(36,22-12-33(3)32-34(22)4)17-7-9-21-18(10-17)23(27)19(24(31-21)37-5)11-35-13-25(28,29)14-35/h6-10,12,32,36H,11,13-14H2,1-5H3. The van der Waals surface area contributed by atoms with Gasteiger partial charge in [0.25, 0.3) is 5.92 Å². The van der Waals surface area contributed by atoms with E-state index in [4.69, 9.17) is 16.3 Å². The fourth-order valence-electron chi connectivity index (χ4n) is 5.15. The summed E-state index contributed by atoms with van der Waals surface area (Å²) in [5.41, 5.74) is 5.92.